The van der Waals surface area contributed by atoms with Crippen LogP contribution in [-0.2, 0) is 11.2 Å². The van der Waals surface area contributed by atoms with Crippen LogP contribution in [0.3, 0.4) is 0 Å². The van der Waals surface area contributed by atoms with Gasteiger partial charge < -0.3 is 10.4 Å². The molecule has 1 saturated heterocycles. The molecule has 2 N–H and O–H groups in total. The summed E-state index contributed by atoms with van der Waals surface area (Å²) < 4.78 is 0. The molecule has 1 heterocycles. The minimum absolute atomic E-state index is 0.0222. The zero-order valence-electron chi connectivity index (χ0n) is 13.5. The third-order valence-corrected chi connectivity index (χ3v) is 4.39. The lowest BCUT2D eigenvalue weighted by Crippen LogP contribution is -2.47. The Kier molecular flexibility index (Phi) is 6.87. The molecule has 122 valence electrons. The molecular weight excluding hydrogens is 276 g/mol. The van der Waals surface area contributed by atoms with Gasteiger partial charge in [0.15, 0.2) is 0 Å². The van der Waals surface area contributed by atoms with Crippen molar-refractivity contribution in [3.63, 3.8) is 0 Å². The first-order valence-electron chi connectivity index (χ1n) is 8.40. The van der Waals surface area contributed by atoms with Gasteiger partial charge in [0.25, 0.3) is 0 Å². The van der Waals surface area contributed by atoms with E-state index in [4.69, 9.17) is 0 Å². The van der Waals surface area contributed by atoms with Gasteiger partial charge in [0.1, 0.15) is 0 Å². The van der Waals surface area contributed by atoms with Gasteiger partial charge >= 0.3 is 0 Å². The normalized spacial score (nSPS) is 19.2. The molecule has 1 amide bonds. The summed E-state index contributed by atoms with van der Waals surface area (Å²) in [5.41, 5.74) is 1.09. The van der Waals surface area contributed by atoms with Crippen LogP contribution in [0, 0.1) is 0 Å². The van der Waals surface area contributed by atoms with Gasteiger partial charge in [-0.1, -0.05) is 43.2 Å². The van der Waals surface area contributed by atoms with Crippen molar-refractivity contribution in [2.24, 2.45) is 0 Å². The van der Waals surface area contributed by atoms with Crippen molar-refractivity contribution in [2.45, 2.75) is 51.2 Å². The Morgan fingerprint density at radius 1 is 1.18 bits per heavy atom. The minimum atomic E-state index is -0.539. The number of carbonyl (C=O) groups is 1. The van der Waals surface area contributed by atoms with Crippen molar-refractivity contribution in [1.29, 1.82) is 0 Å². The van der Waals surface area contributed by atoms with E-state index in [0.717, 1.165) is 18.7 Å². The second-order valence-corrected chi connectivity index (χ2v) is 6.21. The largest absolute Gasteiger partial charge is 0.391 e. The first kappa shape index (κ1) is 17.0. The molecule has 1 aliphatic rings. The highest BCUT2D eigenvalue weighted by Gasteiger charge is 2.22. The Bertz CT molecular complexity index is 442. The number of benzene rings is 1. The fourth-order valence-corrected chi connectivity index (χ4v) is 2.97. The standard InChI is InChI=1S/C18H28N2O2/c1-15(20-11-7-2-3-8-12-20)18(22)19-14-17(21)13-16-9-5-4-6-10-16/h4-6,9-10,15,17,21H,2-3,7-8,11-14H2,1H3,(H,19,22). The summed E-state index contributed by atoms with van der Waals surface area (Å²) in [6.45, 7) is 4.28. The van der Waals surface area contributed by atoms with Crippen LogP contribution < -0.4 is 5.32 Å². The number of carbonyl (C=O) groups excluding carboxylic acids is 1. The van der Waals surface area contributed by atoms with Gasteiger partial charge in [0, 0.05) is 13.0 Å². The molecule has 1 aromatic rings. The lowest BCUT2D eigenvalue weighted by molar-refractivity contribution is -0.126. The van der Waals surface area contributed by atoms with E-state index in [-0.39, 0.29) is 11.9 Å². The first-order chi connectivity index (χ1) is 10.7. The van der Waals surface area contributed by atoms with Gasteiger partial charge in [-0.3, -0.25) is 9.69 Å². The lowest BCUT2D eigenvalue weighted by atomic mass is 10.1. The van der Waals surface area contributed by atoms with Crippen molar-refractivity contribution in [3.05, 3.63) is 35.9 Å². The van der Waals surface area contributed by atoms with E-state index >= 15 is 0 Å². The van der Waals surface area contributed by atoms with Gasteiger partial charge in [0.05, 0.1) is 12.1 Å². The van der Waals surface area contributed by atoms with E-state index in [2.05, 4.69) is 10.2 Å². The van der Waals surface area contributed by atoms with Gasteiger partial charge in [-0.15, -0.1) is 0 Å². The molecule has 4 nitrogen and oxygen atoms in total. The highest BCUT2D eigenvalue weighted by molar-refractivity contribution is 5.81. The summed E-state index contributed by atoms with van der Waals surface area (Å²) in [6.07, 6.45) is 4.91. The molecule has 0 bridgehead atoms. The van der Waals surface area contributed by atoms with Crippen molar-refractivity contribution < 1.29 is 9.90 Å². The smallest absolute Gasteiger partial charge is 0.237 e. The molecular formula is C18H28N2O2. The van der Waals surface area contributed by atoms with Crippen LogP contribution in [0.2, 0.25) is 0 Å². The Labute approximate surface area is 133 Å². The third kappa shape index (κ3) is 5.43. The summed E-state index contributed by atoms with van der Waals surface area (Å²) in [4.78, 5) is 14.5. The molecule has 0 spiro atoms. The SMILES string of the molecule is CC(C(=O)NCC(O)Cc1ccccc1)N1CCCCCC1. The number of likely N-dealkylation sites (tertiary alicyclic amines) is 1. The molecule has 2 rings (SSSR count). The highest BCUT2D eigenvalue weighted by atomic mass is 16.3. The van der Waals surface area contributed by atoms with Crippen LogP contribution in [0.5, 0.6) is 0 Å². The van der Waals surface area contributed by atoms with E-state index in [0.29, 0.717) is 13.0 Å². The average molecular weight is 304 g/mol. The molecule has 1 aliphatic heterocycles. The van der Waals surface area contributed by atoms with E-state index in [1.807, 2.05) is 37.3 Å². The lowest BCUT2D eigenvalue weighted by Gasteiger charge is -2.27. The number of hydrogen-bond acceptors (Lipinski definition) is 3. The van der Waals surface area contributed by atoms with E-state index in [9.17, 15) is 9.90 Å². The summed E-state index contributed by atoms with van der Waals surface area (Å²) in [5.74, 6) is 0.0222. The van der Waals surface area contributed by atoms with Crippen LogP contribution in [0.25, 0.3) is 0 Å². The number of rotatable bonds is 6. The number of nitrogens with one attached hydrogen (secondary N) is 1. The van der Waals surface area contributed by atoms with Crippen LogP contribution >= 0.6 is 0 Å². The fraction of sp³-hybridized carbons (Fsp3) is 0.611. The number of aliphatic hydroxyl groups is 1. The van der Waals surface area contributed by atoms with Gasteiger partial charge in [-0.05, 0) is 38.4 Å². The van der Waals surface area contributed by atoms with Crippen LogP contribution in [0.1, 0.15) is 38.2 Å². The molecule has 0 aliphatic carbocycles. The predicted molar refractivity (Wildman–Crippen MR) is 88.7 cm³/mol. The van der Waals surface area contributed by atoms with Gasteiger partial charge in [-0.25, -0.2) is 0 Å². The number of amides is 1. The Morgan fingerprint density at radius 2 is 1.82 bits per heavy atom. The number of nitrogens with zero attached hydrogens (tertiary/aromatic N) is 1. The van der Waals surface area contributed by atoms with E-state index < -0.39 is 6.10 Å². The molecule has 0 aromatic heterocycles. The molecule has 4 heteroatoms. The molecule has 1 aromatic carbocycles. The van der Waals surface area contributed by atoms with Crippen LogP contribution in [0.4, 0.5) is 0 Å². The molecule has 0 radical (unpaired) electrons. The average Bonchev–Trinajstić information content (AvgIpc) is 2.82. The zero-order valence-corrected chi connectivity index (χ0v) is 13.5. The molecule has 0 saturated carbocycles. The van der Waals surface area contributed by atoms with Gasteiger partial charge in [0.2, 0.25) is 5.91 Å². The van der Waals surface area contributed by atoms with E-state index in [1.165, 1.54) is 25.7 Å². The maximum Gasteiger partial charge on any atom is 0.237 e. The molecule has 1 fully saturated rings. The van der Waals surface area contributed by atoms with Crippen molar-refractivity contribution in [3.8, 4) is 0 Å². The summed E-state index contributed by atoms with van der Waals surface area (Å²) in [6, 6.07) is 9.75. The summed E-state index contributed by atoms with van der Waals surface area (Å²) >= 11 is 0. The van der Waals surface area contributed by atoms with Crippen molar-refractivity contribution in [1.82, 2.24) is 10.2 Å². The Hall–Kier alpha value is -1.39. The van der Waals surface area contributed by atoms with Crippen LogP contribution in [-0.4, -0.2) is 47.7 Å². The third-order valence-electron chi connectivity index (χ3n) is 4.39. The second-order valence-electron chi connectivity index (χ2n) is 6.21. The fourth-order valence-electron chi connectivity index (χ4n) is 2.97. The number of hydrogen-bond donors (Lipinski definition) is 2. The highest BCUT2D eigenvalue weighted by Crippen LogP contribution is 2.12. The minimum Gasteiger partial charge on any atom is -0.391 e. The van der Waals surface area contributed by atoms with Crippen LogP contribution in [0.15, 0.2) is 30.3 Å². The number of aliphatic hydroxyl groups excluding tert-OH is 1. The quantitative estimate of drug-likeness (QED) is 0.845. The molecule has 2 atom stereocenters. The Morgan fingerprint density at radius 3 is 2.45 bits per heavy atom. The first-order valence-corrected chi connectivity index (χ1v) is 8.40. The second kappa shape index (κ2) is 8.91. The molecule has 2 unspecified atom stereocenters. The van der Waals surface area contributed by atoms with E-state index in [1.54, 1.807) is 0 Å². The monoisotopic (exact) mass is 304 g/mol. The summed E-state index contributed by atoms with van der Waals surface area (Å²) in [7, 11) is 0. The van der Waals surface area contributed by atoms with Crippen molar-refractivity contribution >= 4 is 5.91 Å². The van der Waals surface area contributed by atoms with Gasteiger partial charge in [-0.2, -0.15) is 0 Å². The Balaban J connectivity index is 1.74. The molecule has 22 heavy (non-hydrogen) atoms. The topological polar surface area (TPSA) is 52.6 Å². The maximum absolute atomic E-state index is 12.2. The van der Waals surface area contributed by atoms with Crippen molar-refractivity contribution in [2.75, 3.05) is 19.6 Å². The summed E-state index contributed by atoms with van der Waals surface area (Å²) in [5, 5.41) is 12.9. The zero-order chi connectivity index (χ0) is 15.8. The predicted octanol–water partition coefficient (Wildman–Crippen LogP) is 1.97. The maximum atomic E-state index is 12.2.